The van der Waals surface area contributed by atoms with E-state index in [9.17, 15) is 14.0 Å². The van der Waals surface area contributed by atoms with E-state index in [1.54, 1.807) is 24.0 Å². The summed E-state index contributed by atoms with van der Waals surface area (Å²) in [5.41, 5.74) is 1.73. The summed E-state index contributed by atoms with van der Waals surface area (Å²) in [4.78, 5) is 27.5. The number of benzene rings is 2. The molecule has 0 saturated heterocycles. The van der Waals surface area contributed by atoms with Crippen LogP contribution in [0.2, 0.25) is 0 Å². The molecule has 3 rings (SSSR count). The first-order valence-electron chi connectivity index (χ1n) is 11.1. The molecule has 1 aliphatic heterocycles. The Morgan fingerprint density at radius 1 is 1.03 bits per heavy atom. The standard InChI is InChI=1S/C25H31FN2O4/c1-4-17(2)27-25(30)18(3)28(16-20-5-9-21(26)10-6-20)24(29)12-8-19-7-11-22-23(15-19)32-14-13-31-22/h5-7,9-11,15,17-18H,4,8,12-14,16H2,1-3H3,(H,27,30)/t17-,18+/m1/s1. The van der Waals surface area contributed by atoms with Gasteiger partial charge in [-0.2, -0.15) is 0 Å². The second-order valence-electron chi connectivity index (χ2n) is 8.12. The predicted molar refractivity (Wildman–Crippen MR) is 120 cm³/mol. The predicted octanol–water partition coefficient (Wildman–Crippen LogP) is 3.86. The summed E-state index contributed by atoms with van der Waals surface area (Å²) in [6.07, 6.45) is 1.55. The van der Waals surface area contributed by atoms with E-state index in [4.69, 9.17) is 9.47 Å². The topological polar surface area (TPSA) is 67.9 Å². The van der Waals surface area contributed by atoms with Gasteiger partial charge in [0.15, 0.2) is 11.5 Å². The fourth-order valence-corrected chi connectivity index (χ4v) is 3.47. The summed E-state index contributed by atoms with van der Waals surface area (Å²) in [7, 11) is 0. The van der Waals surface area contributed by atoms with Gasteiger partial charge in [0.25, 0.3) is 0 Å². The van der Waals surface area contributed by atoms with Crippen molar-refractivity contribution in [2.45, 2.75) is 58.7 Å². The summed E-state index contributed by atoms with van der Waals surface area (Å²) in [5.74, 6) is 0.711. The van der Waals surface area contributed by atoms with E-state index < -0.39 is 6.04 Å². The summed E-state index contributed by atoms with van der Waals surface area (Å²) < 4.78 is 24.5. The Morgan fingerprint density at radius 2 is 1.69 bits per heavy atom. The van der Waals surface area contributed by atoms with Crippen LogP contribution in [0.25, 0.3) is 0 Å². The lowest BCUT2D eigenvalue weighted by Crippen LogP contribution is -2.49. The molecule has 172 valence electrons. The third-order valence-corrected chi connectivity index (χ3v) is 5.67. The molecule has 2 atom stereocenters. The van der Waals surface area contributed by atoms with Gasteiger partial charge >= 0.3 is 0 Å². The van der Waals surface area contributed by atoms with Crippen molar-refractivity contribution in [1.29, 1.82) is 0 Å². The van der Waals surface area contributed by atoms with Crippen molar-refractivity contribution in [3.05, 3.63) is 59.4 Å². The first kappa shape index (κ1) is 23.6. The van der Waals surface area contributed by atoms with Gasteiger partial charge in [0, 0.05) is 19.0 Å². The molecule has 0 saturated carbocycles. The van der Waals surface area contributed by atoms with Crippen LogP contribution in [0.15, 0.2) is 42.5 Å². The van der Waals surface area contributed by atoms with E-state index in [0.717, 1.165) is 17.5 Å². The van der Waals surface area contributed by atoms with Crippen molar-refractivity contribution in [3.8, 4) is 11.5 Å². The fraction of sp³-hybridized carbons (Fsp3) is 0.440. The average molecular weight is 443 g/mol. The Kier molecular flexibility index (Phi) is 8.09. The van der Waals surface area contributed by atoms with Crippen molar-refractivity contribution >= 4 is 11.8 Å². The van der Waals surface area contributed by atoms with Crippen LogP contribution < -0.4 is 14.8 Å². The normalized spacial score (nSPS) is 14.4. The Balaban J connectivity index is 1.71. The minimum Gasteiger partial charge on any atom is -0.486 e. The largest absolute Gasteiger partial charge is 0.486 e. The van der Waals surface area contributed by atoms with Crippen molar-refractivity contribution < 1.29 is 23.5 Å². The number of fused-ring (bicyclic) bond motifs is 1. The molecule has 1 aliphatic rings. The third kappa shape index (κ3) is 6.22. The first-order chi connectivity index (χ1) is 15.4. The minimum atomic E-state index is -0.651. The molecule has 1 heterocycles. The second kappa shape index (κ2) is 11.0. The number of rotatable bonds is 9. The number of aryl methyl sites for hydroxylation is 1. The molecule has 0 spiro atoms. The zero-order valence-corrected chi connectivity index (χ0v) is 18.9. The number of nitrogens with one attached hydrogen (secondary N) is 1. The smallest absolute Gasteiger partial charge is 0.242 e. The molecule has 0 unspecified atom stereocenters. The molecule has 0 bridgehead atoms. The van der Waals surface area contributed by atoms with E-state index in [-0.39, 0.29) is 36.6 Å². The van der Waals surface area contributed by atoms with E-state index in [1.165, 1.54) is 12.1 Å². The maximum atomic E-state index is 13.3. The number of carbonyl (C=O) groups excluding carboxylic acids is 2. The van der Waals surface area contributed by atoms with Crippen molar-refractivity contribution in [3.63, 3.8) is 0 Å². The van der Waals surface area contributed by atoms with Gasteiger partial charge in [-0.25, -0.2) is 4.39 Å². The zero-order chi connectivity index (χ0) is 23.1. The van der Waals surface area contributed by atoms with Gasteiger partial charge in [-0.1, -0.05) is 25.1 Å². The quantitative estimate of drug-likeness (QED) is 0.640. The van der Waals surface area contributed by atoms with Crippen LogP contribution in [0.1, 0.15) is 44.7 Å². The molecule has 0 aromatic heterocycles. The number of hydrogen-bond donors (Lipinski definition) is 1. The van der Waals surface area contributed by atoms with Crippen LogP contribution in [-0.4, -0.2) is 42.0 Å². The number of halogens is 1. The second-order valence-corrected chi connectivity index (χ2v) is 8.12. The van der Waals surface area contributed by atoms with Gasteiger partial charge in [-0.3, -0.25) is 9.59 Å². The van der Waals surface area contributed by atoms with Crippen LogP contribution in [-0.2, 0) is 22.6 Å². The van der Waals surface area contributed by atoms with Crippen molar-refractivity contribution in [2.75, 3.05) is 13.2 Å². The van der Waals surface area contributed by atoms with Gasteiger partial charge in [0.2, 0.25) is 11.8 Å². The third-order valence-electron chi connectivity index (χ3n) is 5.67. The van der Waals surface area contributed by atoms with Crippen LogP contribution in [0.3, 0.4) is 0 Å². The Hall–Kier alpha value is -3.09. The summed E-state index contributed by atoms with van der Waals surface area (Å²) in [6, 6.07) is 11.0. The number of nitrogens with zero attached hydrogens (tertiary/aromatic N) is 1. The highest BCUT2D eigenvalue weighted by atomic mass is 19.1. The number of hydrogen-bond acceptors (Lipinski definition) is 4. The highest BCUT2D eigenvalue weighted by Gasteiger charge is 2.26. The van der Waals surface area contributed by atoms with Crippen LogP contribution >= 0.6 is 0 Å². The first-order valence-corrected chi connectivity index (χ1v) is 11.1. The Morgan fingerprint density at radius 3 is 2.38 bits per heavy atom. The lowest BCUT2D eigenvalue weighted by molar-refractivity contribution is -0.140. The van der Waals surface area contributed by atoms with Crippen molar-refractivity contribution in [2.24, 2.45) is 0 Å². The molecule has 32 heavy (non-hydrogen) atoms. The van der Waals surface area contributed by atoms with E-state index in [0.29, 0.717) is 31.1 Å². The van der Waals surface area contributed by atoms with Crippen LogP contribution in [0.4, 0.5) is 4.39 Å². The van der Waals surface area contributed by atoms with Crippen LogP contribution in [0, 0.1) is 5.82 Å². The van der Waals surface area contributed by atoms with Gasteiger partial charge in [-0.05, 0) is 62.1 Å². The number of amides is 2. The van der Waals surface area contributed by atoms with Gasteiger partial charge < -0.3 is 19.7 Å². The van der Waals surface area contributed by atoms with Gasteiger partial charge in [-0.15, -0.1) is 0 Å². The van der Waals surface area contributed by atoms with Crippen LogP contribution in [0.5, 0.6) is 11.5 Å². The molecule has 0 aliphatic carbocycles. The molecular formula is C25H31FN2O4. The lowest BCUT2D eigenvalue weighted by Gasteiger charge is -2.30. The van der Waals surface area contributed by atoms with E-state index >= 15 is 0 Å². The maximum Gasteiger partial charge on any atom is 0.242 e. The molecule has 0 fully saturated rings. The molecule has 6 nitrogen and oxygen atoms in total. The van der Waals surface area contributed by atoms with E-state index in [1.807, 2.05) is 32.0 Å². The number of carbonyl (C=O) groups is 2. The molecular weight excluding hydrogens is 411 g/mol. The summed E-state index contributed by atoms with van der Waals surface area (Å²) >= 11 is 0. The van der Waals surface area contributed by atoms with Crippen molar-refractivity contribution in [1.82, 2.24) is 10.2 Å². The highest BCUT2D eigenvalue weighted by molar-refractivity contribution is 5.87. The fourth-order valence-electron chi connectivity index (χ4n) is 3.47. The lowest BCUT2D eigenvalue weighted by atomic mass is 10.1. The SMILES string of the molecule is CC[C@@H](C)NC(=O)[C@H](C)N(Cc1ccc(F)cc1)C(=O)CCc1ccc2c(c1)OCCO2. The van der Waals surface area contributed by atoms with E-state index in [2.05, 4.69) is 5.32 Å². The van der Waals surface area contributed by atoms with Gasteiger partial charge in [0.1, 0.15) is 25.1 Å². The minimum absolute atomic E-state index is 0.0189. The average Bonchev–Trinajstić information content (AvgIpc) is 2.81. The zero-order valence-electron chi connectivity index (χ0n) is 18.9. The summed E-state index contributed by atoms with van der Waals surface area (Å²) in [5, 5.41) is 2.94. The Labute approximate surface area is 188 Å². The molecule has 2 aromatic carbocycles. The number of ether oxygens (including phenoxy) is 2. The molecule has 2 aromatic rings. The highest BCUT2D eigenvalue weighted by Crippen LogP contribution is 2.31. The molecule has 2 amide bonds. The molecule has 1 N–H and O–H groups in total. The monoisotopic (exact) mass is 442 g/mol. The molecule has 0 radical (unpaired) electrons. The molecule has 7 heteroatoms. The summed E-state index contributed by atoms with van der Waals surface area (Å²) in [6.45, 7) is 6.91. The Bertz CT molecular complexity index is 932. The maximum absolute atomic E-state index is 13.3. The van der Waals surface area contributed by atoms with Gasteiger partial charge in [0.05, 0.1) is 0 Å².